The van der Waals surface area contributed by atoms with Gasteiger partial charge in [0.05, 0.1) is 12.2 Å². The maximum absolute atomic E-state index is 11.8. The van der Waals surface area contributed by atoms with Gasteiger partial charge < -0.3 is 15.8 Å². The zero-order valence-electron chi connectivity index (χ0n) is 13.6. The van der Waals surface area contributed by atoms with E-state index in [1.165, 1.54) is 0 Å². The summed E-state index contributed by atoms with van der Waals surface area (Å²) in [4.78, 5) is 11.8. The first-order valence-electron chi connectivity index (χ1n) is 7.52. The third-order valence-electron chi connectivity index (χ3n) is 3.10. The van der Waals surface area contributed by atoms with Crippen molar-refractivity contribution in [3.63, 3.8) is 0 Å². The molecule has 0 radical (unpaired) electrons. The summed E-state index contributed by atoms with van der Waals surface area (Å²) in [5, 5.41) is 2.88. The standard InChI is InChI=1S/C17H28N2O2/c1-13(12-17(2,3)4)11-16(20)19-9-10-21-15-8-6-5-7-14(15)18/h5-8,13H,9-12,18H2,1-4H3,(H,19,20). The number of rotatable bonds is 7. The van der Waals surface area contributed by atoms with E-state index >= 15 is 0 Å². The van der Waals surface area contributed by atoms with Crippen molar-refractivity contribution in [2.45, 2.75) is 40.5 Å². The van der Waals surface area contributed by atoms with Gasteiger partial charge in [-0.05, 0) is 29.9 Å². The summed E-state index contributed by atoms with van der Waals surface area (Å²) >= 11 is 0. The second-order valence-corrected chi connectivity index (χ2v) is 6.81. The summed E-state index contributed by atoms with van der Waals surface area (Å²) in [7, 11) is 0. The fraction of sp³-hybridized carbons (Fsp3) is 0.588. The van der Waals surface area contributed by atoms with Crippen LogP contribution in [0.5, 0.6) is 5.75 Å². The van der Waals surface area contributed by atoms with Gasteiger partial charge in [-0.1, -0.05) is 39.8 Å². The first-order valence-corrected chi connectivity index (χ1v) is 7.52. The Balaban J connectivity index is 2.21. The first kappa shape index (κ1) is 17.3. The molecule has 21 heavy (non-hydrogen) atoms. The summed E-state index contributed by atoms with van der Waals surface area (Å²) in [6.07, 6.45) is 1.60. The molecule has 1 atom stereocenters. The van der Waals surface area contributed by atoms with Crippen molar-refractivity contribution in [2.75, 3.05) is 18.9 Å². The molecule has 4 heteroatoms. The van der Waals surface area contributed by atoms with Crippen LogP contribution in [0.3, 0.4) is 0 Å². The number of carbonyl (C=O) groups excluding carboxylic acids is 1. The van der Waals surface area contributed by atoms with Crippen molar-refractivity contribution in [1.29, 1.82) is 0 Å². The molecule has 0 saturated carbocycles. The molecule has 0 aliphatic heterocycles. The van der Waals surface area contributed by atoms with E-state index in [0.717, 1.165) is 6.42 Å². The van der Waals surface area contributed by atoms with E-state index in [0.29, 0.717) is 36.9 Å². The van der Waals surface area contributed by atoms with E-state index in [-0.39, 0.29) is 11.3 Å². The Morgan fingerprint density at radius 2 is 2.00 bits per heavy atom. The van der Waals surface area contributed by atoms with Gasteiger partial charge in [0, 0.05) is 6.42 Å². The fourth-order valence-electron chi connectivity index (χ4n) is 2.47. The molecule has 1 aromatic carbocycles. The number of nitrogen functional groups attached to an aromatic ring is 1. The molecule has 0 aliphatic rings. The molecule has 0 saturated heterocycles. The summed E-state index contributed by atoms with van der Waals surface area (Å²) in [6.45, 7) is 9.62. The Morgan fingerprint density at radius 3 is 2.62 bits per heavy atom. The Hall–Kier alpha value is -1.71. The van der Waals surface area contributed by atoms with Crippen molar-refractivity contribution < 1.29 is 9.53 Å². The molecule has 1 amide bonds. The molecule has 1 rings (SSSR count). The summed E-state index contributed by atoms with van der Waals surface area (Å²) in [5.74, 6) is 1.12. The van der Waals surface area contributed by atoms with Crippen molar-refractivity contribution in [1.82, 2.24) is 5.32 Å². The molecule has 1 aromatic rings. The molecule has 4 nitrogen and oxygen atoms in total. The Kier molecular flexibility index (Phi) is 6.53. The minimum Gasteiger partial charge on any atom is -0.490 e. The topological polar surface area (TPSA) is 64.3 Å². The number of hydrogen-bond acceptors (Lipinski definition) is 3. The second kappa shape index (κ2) is 7.91. The number of hydrogen-bond donors (Lipinski definition) is 2. The second-order valence-electron chi connectivity index (χ2n) is 6.81. The number of nitrogens with two attached hydrogens (primary N) is 1. The Labute approximate surface area is 128 Å². The molecular weight excluding hydrogens is 264 g/mol. The van der Waals surface area contributed by atoms with Crippen LogP contribution in [-0.4, -0.2) is 19.1 Å². The molecule has 118 valence electrons. The monoisotopic (exact) mass is 292 g/mol. The number of para-hydroxylation sites is 2. The lowest BCUT2D eigenvalue weighted by Gasteiger charge is -2.22. The molecule has 0 bridgehead atoms. The van der Waals surface area contributed by atoms with Gasteiger partial charge in [-0.3, -0.25) is 4.79 Å². The number of benzene rings is 1. The van der Waals surface area contributed by atoms with Crippen LogP contribution >= 0.6 is 0 Å². The zero-order valence-corrected chi connectivity index (χ0v) is 13.6. The Bertz CT molecular complexity index is 452. The lowest BCUT2D eigenvalue weighted by atomic mass is 9.84. The highest BCUT2D eigenvalue weighted by molar-refractivity contribution is 5.76. The third kappa shape index (κ3) is 7.59. The minimum absolute atomic E-state index is 0.0800. The van der Waals surface area contributed by atoms with Gasteiger partial charge >= 0.3 is 0 Å². The van der Waals surface area contributed by atoms with Gasteiger partial charge in [-0.2, -0.15) is 0 Å². The molecular formula is C17H28N2O2. The van der Waals surface area contributed by atoms with Crippen LogP contribution in [0.25, 0.3) is 0 Å². The average molecular weight is 292 g/mol. The highest BCUT2D eigenvalue weighted by Crippen LogP contribution is 2.25. The Morgan fingerprint density at radius 1 is 1.33 bits per heavy atom. The maximum Gasteiger partial charge on any atom is 0.220 e. The van der Waals surface area contributed by atoms with E-state index in [9.17, 15) is 4.79 Å². The van der Waals surface area contributed by atoms with Crippen LogP contribution in [0.1, 0.15) is 40.5 Å². The molecule has 1 unspecified atom stereocenters. The van der Waals surface area contributed by atoms with Crippen molar-refractivity contribution in [3.05, 3.63) is 24.3 Å². The van der Waals surface area contributed by atoms with Crippen LogP contribution < -0.4 is 15.8 Å². The van der Waals surface area contributed by atoms with Gasteiger partial charge in [0.25, 0.3) is 0 Å². The third-order valence-corrected chi connectivity index (χ3v) is 3.10. The van der Waals surface area contributed by atoms with Crippen LogP contribution in [0.4, 0.5) is 5.69 Å². The predicted octanol–water partition coefficient (Wildman–Crippen LogP) is 3.23. The molecule has 0 aliphatic carbocycles. The average Bonchev–Trinajstić information content (AvgIpc) is 2.34. The summed E-state index contributed by atoms with van der Waals surface area (Å²) in [6, 6.07) is 7.35. The highest BCUT2D eigenvalue weighted by atomic mass is 16.5. The number of nitrogens with one attached hydrogen (secondary N) is 1. The SMILES string of the molecule is CC(CC(=O)NCCOc1ccccc1N)CC(C)(C)C. The molecule has 0 aromatic heterocycles. The van der Waals surface area contributed by atoms with Crippen LogP contribution in [-0.2, 0) is 4.79 Å². The molecule has 0 spiro atoms. The fourth-order valence-corrected chi connectivity index (χ4v) is 2.47. The lowest BCUT2D eigenvalue weighted by Crippen LogP contribution is -2.30. The van der Waals surface area contributed by atoms with E-state index in [2.05, 4.69) is 33.0 Å². The van der Waals surface area contributed by atoms with Crippen molar-refractivity contribution in [3.8, 4) is 5.75 Å². The van der Waals surface area contributed by atoms with Gasteiger partial charge in [0.2, 0.25) is 5.91 Å². The lowest BCUT2D eigenvalue weighted by molar-refractivity contribution is -0.122. The van der Waals surface area contributed by atoms with Crippen molar-refractivity contribution >= 4 is 11.6 Å². The number of ether oxygens (including phenoxy) is 1. The maximum atomic E-state index is 11.8. The van der Waals surface area contributed by atoms with Gasteiger partial charge in [0.15, 0.2) is 0 Å². The van der Waals surface area contributed by atoms with E-state index in [4.69, 9.17) is 10.5 Å². The van der Waals surface area contributed by atoms with Crippen LogP contribution in [0, 0.1) is 11.3 Å². The number of carbonyl (C=O) groups is 1. The molecule has 3 N–H and O–H groups in total. The van der Waals surface area contributed by atoms with E-state index in [1.807, 2.05) is 18.2 Å². The van der Waals surface area contributed by atoms with Crippen molar-refractivity contribution in [2.24, 2.45) is 11.3 Å². The highest BCUT2D eigenvalue weighted by Gasteiger charge is 2.17. The molecule has 0 fully saturated rings. The first-order chi connectivity index (χ1) is 9.78. The largest absolute Gasteiger partial charge is 0.490 e. The normalized spacial score (nSPS) is 12.8. The quantitative estimate of drug-likeness (QED) is 0.599. The van der Waals surface area contributed by atoms with Gasteiger partial charge in [-0.25, -0.2) is 0 Å². The van der Waals surface area contributed by atoms with Crippen LogP contribution in [0.2, 0.25) is 0 Å². The smallest absolute Gasteiger partial charge is 0.220 e. The minimum atomic E-state index is 0.0800. The van der Waals surface area contributed by atoms with Crippen LogP contribution in [0.15, 0.2) is 24.3 Å². The van der Waals surface area contributed by atoms with E-state index in [1.54, 1.807) is 6.07 Å². The molecule has 0 heterocycles. The summed E-state index contributed by atoms with van der Waals surface area (Å²) < 4.78 is 5.53. The number of amides is 1. The number of anilines is 1. The summed E-state index contributed by atoms with van der Waals surface area (Å²) in [5.41, 5.74) is 6.65. The zero-order chi connectivity index (χ0) is 15.9. The van der Waals surface area contributed by atoms with Gasteiger partial charge in [-0.15, -0.1) is 0 Å². The van der Waals surface area contributed by atoms with Gasteiger partial charge in [0.1, 0.15) is 12.4 Å². The van der Waals surface area contributed by atoms with E-state index < -0.39 is 0 Å². The predicted molar refractivity (Wildman–Crippen MR) is 87.2 cm³/mol.